The van der Waals surface area contributed by atoms with E-state index in [1.807, 2.05) is 12.1 Å². The Labute approximate surface area is 115 Å². The third kappa shape index (κ3) is 3.98. The molecule has 1 aromatic carbocycles. The van der Waals surface area contributed by atoms with Crippen molar-refractivity contribution in [2.75, 3.05) is 18.5 Å². The normalized spacial score (nSPS) is 16.3. The van der Waals surface area contributed by atoms with Crippen molar-refractivity contribution in [2.45, 2.75) is 38.5 Å². The Morgan fingerprint density at radius 2 is 1.84 bits per heavy atom. The minimum atomic E-state index is -0.864. The van der Waals surface area contributed by atoms with Crippen LogP contribution in [0.2, 0.25) is 0 Å². The number of rotatable bonds is 5. The summed E-state index contributed by atoms with van der Waals surface area (Å²) >= 11 is 0. The average molecular weight is 261 g/mol. The lowest BCUT2D eigenvalue weighted by Gasteiger charge is -2.25. The molecule has 104 valence electrons. The van der Waals surface area contributed by atoms with Crippen LogP contribution in [-0.4, -0.2) is 24.7 Å². The number of hydrogen-bond donors (Lipinski definition) is 1. The predicted molar refractivity (Wildman–Crippen MR) is 77.9 cm³/mol. The summed E-state index contributed by atoms with van der Waals surface area (Å²) in [4.78, 5) is 13.0. The Morgan fingerprint density at radius 1 is 1.21 bits per heavy atom. The maximum atomic E-state index is 10.8. The predicted octanol–water partition coefficient (Wildman–Crippen LogP) is 3.79. The van der Waals surface area contributed by atoms with Gasteiger partial charge in [0.25, 0.3) is 0 Å². The maximum Gasteiger partial charge on any atom is 0.335 e. The molecule has 1 aromatic rings. The van der Waals surface area contributed by atoms with Gasteiger partial charge in [0.05, 0.1) is 5.56 Å². The van der Waals surface area contributed by atoms with Crippen LogP contribution in [0.5, 0.6) is 0 Å². The zero-order valence-electron chi connectivity index (χ0n) is 11.6. The van der Waals surface area contributed by atoms with Crippen LogP contribution >= 0.6 is 0 Å². The van der Waals surface area contributed by atoms with E-state index in [2.05, 4.69) is 11.9 Å². The Hall–Kier alpha value is -1.51. The van der Waals surface area contributed by atoms with E-state index in [1.165, 1.54) is 38.5 Å². The second kappa shape index (κ2) is 6.60. The molecule has 0 saturated heterocycles. The highest BCUT2D eigenvalue weighted by atomic mass is 16.4. The SMILES string of the molecule is CN(CCC1CCCCC1)c1ccc(C(=O)O)cc1. The fraction of sp³-hybridized carbons (Fsp3) is 0.562. The molecule has 1 aliphatic rings. The average Bonchev–Trinajstić information content (AvgIpc) is 2.46. The topological polar surface area (TPSA) is 40.5 Å². The van der Waals surface area contributed by atoms with Crippen LogP contribution in [0.3, 0.4) is 0 Å². The van der Waals surface area contributed by atoms with Crippen LogP contribution in [0.25, 0.3) is 0 Å². The lowest BCUT2D eigenvalue weighted by Crippen LogP contribution is -2.22. The molecule has 0 atom stereocenters. The van der Waals surface area contributed by atoms with Crippen molar-refractivity contribution in [2.24, 2.45) is 5.92 Å². The van der Waals surface area contributed by atoms with E-state index < -0.39 is 5.97 Å². The van der Waals surface area contributed by atoms with Gasteiger partial charge in [-0.3, -0.25) is 0 Å². The lowest BCUT2D eigenvalue weighted by molar-refractivity contribution is 0.0697. The number of nitrogens with zero attached hydrogens (tertiary/aromatic N) is 1. The molecule has 19 heavy (non-hydrogen) atoms. The van der Waals surface area contributed by atoms with Crippen molar-refractivity contribution in [1.82, 2.24) is 0 Å². The Kier molecular flexibility index (Phi) is 4.83. The number of carboxylic acids is 1. The van der Waals surface area contributed by atoms with Gasteiger partial charge in [0.15, 0.2) is 0 Å². The first-order chi connectivity index (χ1) is 9.16. The van der Waals surface area contributed by atoms with Crippen LogP contribution in [0.15, 0.2) is 24.3 Å². The lowest BCUT2D eigenvalue weighted by atomic mass is 9.87. The Balaban J connectivity index is 1.84. The molecule has 0 aliphatic heterocycles. The molecule has 1 fully saturated rings. The summed E-state index contributed by atoms with van der Waals surface area (Å²) in [7, 11) is 2.08. The molecule has 3 heteroatoms. The Morgan fingerprint density at radius 3 is 2.42 bits per heavy atom. The minimum absolute atomic E-state index is 0.351. The smallest absolute Gasteiger partial charge is 0.335 e. The standard InChI is InChI=1S/C16H23NO2/c1-17(12-11-13-5-3-2-4-6-13)15-9-7-14(8-10-15)16(18)19/h7-10,13H,2-6,11-12H2,1H3,(H,18,19). The van der Waals surface area contributed by atoms with Gasteiger partial charge >= 0.3 is 5.97 Å². The van der Waals surface area contributed by atoms with Gasteiger partial charge in [0, 0.05) is 19.3 Å². The van der Waals surface area contributed by atoms with E-state index >= 15 is 0 Å². The molecule has 1 aliphatic carbocycles. The van der Waals surface area contributed by atoms with Crippen LogP contribution < -0.4 is 4.90 Å². The largest absolute Gasteiger partial charge is 0.478 e. The summed E-state index contributed by atoms with van der Waals surface area (Å²) in [5, 5.41) is 8.87. The monoisotopic (exact) mass is 261 g/mol. The molecule has 0 spiro atoms. The van der Waals surface area contributed by atoms with Crippen LogP contribution in [0.1, 0.15) is 48.9 Å². The van der Waals surface area contributed by atoms with Gasteiger partial charge in [-0.15, -0.1) is 0 Å². The first-order valence-corrected chi connectivity index (χ1v) is 7.21. The number of carboxylic acid groups (broad SMARTS) is 1. The molecule has 0 heterocycles. The molecule has 0 unspecified atom stereocenters. The summed E-state index contributed by atoms with van der Waals surface area (Å²) < 4.78 is 0. The van der Waals surface area contributed by atoms with Gasteiger partial charge < -0.3 is 10.0 Å². The Bertz CT molecular complexity index is 407. The van der Waals surface area contributed by atoms with E-state index in [0.717, 1.165) is 18.2 Å². The third-order valence-electron chi connectivity index (χ3n) is 4.15. The zero-order valence-corrected chi connectivity index (χ0v) is 11.6. The molecule has 0 amide bonds. The molecule has 2 rings (SSSR count). The summed E-state index contributed by atoms with van der Waals surface area (Å²) in [6, 6.07) is 7.14. The van der Waals surface area contributed by atoms with Gasteiger partial charge in [-0.05, 0) is 36.6 Å². The van der Waals surface area contributed by atoms with E-state index in [4.69, 9.17) is 5.11 Å². The molecule has 0 bridgehead atoms. The van der Waals surface area contributed by atoms with Crippen molar-refractivity contribution in [3.8, 4) is 0 Å². The molecule has 3 nitrogen and oxygen atoms in total. The fourth-order valence-electron chi connectivity index (χ4n) is 2.84. The highest BCUT2D eigenvalue weighted by molar-refractivity contribution is 5.88. The van der Waals surface area contributed by atoms with Crippen molar-refractivity contribution < 1.29 is 9.90 Å². The second-order valence-electron chi connectivity index (χ2n) is 5.57. The van der Waals surface area contributed by atoms with Crippen LogP contribution in [-0.2, 0) is 0 Å². The van der Waals surface area contributed by atoms with E-state index in [-0.39, 0.29) is 0 Å². The van der Waals surface area contributed by atoms with Crippen molar-refractivity contribution in [1.29, 1.82) is 0 Å². The van der Waals surface area contributed by atoms with Crippen molar-refractivity contribution >= 4 is 11.7 Å². The highest BCUT2D eigenvalue weighted by Crippen LogP contribution is 2.27. The summed E-state index contributed by atoms with van der Waals surface area (Å²) in [5.74, 6) is 0.0194. The maximum absolute atomic E-state index is 10.8. The summed E-state index contributed by atoms with van der Waals surface area (Å²) in [6.45, 7) is 1.05. The number of hydrogen-bond acceptors (Lipinski definition) is 2. The first kappa shape index (κ1) is 13.9. The molecular formula is C16H23NO2. The van der Waals surface area contributed by atoms with Gasteiger partial charge in [0.1, 0.15) is 0 Å². The third-order valence-corrected chi connectivity index (χ3v) is 4.15. The van der Waals surface area contributed by atoms with Crippen LogP contribution in [0.4, 0.5) is 5.69 Å². The van der Waals surface area contributed by atoms with Crippen molar-refractivity contribution in [3.05, 3.63) is 29.8 Å². The quantitative estimate of drug-likeness (QED) is 0.876. The molecular weight excluding hydrogens is 238 g/mol. The number of benzene rings is 1. The van der Waals surface area contributed by atoms with Crippen LogP contribution in [0, 0.1) is 5.92 Å². The van der Waals surface area contributed by atoms with Gasteiger partial charge in [-0.2, -0.15) is 0 Å². The fourth-order valence-corrected chi connectivity index (χ4v) is 2.84. The van der Waals surface area contributed by atoms with Gasteiger partial charge in [0.2, 0.25) is 0 Å². The van der Waals surface area contributed by atoms with Crippen molar-refractivity contribution in [3.63, 3.8) is 0 Å². The molecule has 1 saturated carbocycles. The summed E-state index contributed by atoms with van der Waals surface area (Å²) in [5.41, 5.74) is 1.45. The molecule has 1 N–H and O–H groups in total. The zero-order chi connectivity index (χ0) is 13.7. The number of aromatic carboxylic acids is 1. The first-order valence-electron chi connectivity index (χ1n) is 7.21. The number of carbonyl (C=O) groups is 1. The number of anilines is 1. The minimum Gasteiger partial charge on any atom is -0.478 e. The molecule has 0 aromatic heterocycles. The van der Waals surface area contributed by atoms with E-state index in [0.29, 0.717) is 5.56 Å². The van der Waals surface area contributed by atoms with Gasteiger partial charge in [-0.1, -0.05) is 32.1 Å². The summed E-state index contributed by atoms with van der Waals surface area (Å²) in [6.07, 6.45) is 8.20. The molecule has 0 radical (unpaired) electrons. The van der Waals surface area contributed by atoms with E-state index in [9.17, 15) is 4.79 Å². The second-order valence-corrected chi connectivity index (χ2v) is 5.57. The van der Waals surface area contributed by atoms with E-state index in [1.54, 1.807) is 12.1 Å². The highest BCUT2D eigenvalue weighted by Gasteiger charge is 2.14. The van der Waals surface area contributed by atoms with Gasteiger partial charge in [-0.25, -0.2) is 4.79 Å².